The van der Waals surface area contributed by atoms with Gasteiger partial charge in [-0.05, 0) is 153 Å². The molecule has 5 nitrogen and oxygen atoms in total. The first-order valence-electron chi connectivity index (χ1n) is 50.9. The zero-order chi connectivity index (χ0) is 99.5. The van der Waals surface area contributed by atoms with Crippen molar-refractivity contribution in [3.05, 3.63) is 400 Å². The molecule has 0 aliphatic rings. The maximum absolute atomic E-state index is 9.33. The fourth-order valence-electron chi connectivity index (χ4n) is 18.1. The van der Waals surface area contributed by atoms with E-state index in [0.29, 0.717) is 94.8 Å². The van der Waals surface area contributed by atoms with E-state index >= 15 is 0 Å². The lowest BCUT2D eigenvalue weighted by Crippen LogP contribution is -1.91. The van der Waals surface area contributed by atoms with Gasteiger partial charge in [-0.15, -0.1) is 11.3 Å². The summed E-state index contributed by atoms with van der Waals surface area (Å²) >= 11 is 1.54. The van der Waals surface area contributed by atoms with E-state index in [1.807, 2.05) is 212 Å². The normalized spacial score (nSPS) is 14.8. The third kappa shape index (κ3) is 10.4. The minimum Gasteiger partial charge on any atom is -0.456 e. The zero-order valence-corrected chi connectivity index (χ0v) is 63.5. The minimum absolute atomic E-state index is 0.131. The molecule has 0 saturated carbocycles. The maximum atomic E-state index is 9.33. The van der Waals surface area contributed by atoms with Gasteiger partial charge in [-0.3, -0.25) is 0 Å². The predicted octanol–water partition coefficient (Wildman–Crippen LogP) is 33.8. The Morgan fingerprint density at radius 3 is 0.842 bits per heavy atom. The highest BCUT2D eigenvalue weighted by Crippen LogP contribution is 2.53. The second kappa shape index (κ2) is 27.0. The lowest BCUT2D eigenvalue weighted by atomic mass is 9.85. The highest BCUT2D eigenvalue weighted by atomic mass is 32.1. The van der Waals surface area contributed by atoms with Crippen molar-refractivity contribution in [3.8, 4) is 66.8 Å². The van der Waals surface area contributed by atoms with Gasteiger partial charge in [0.1, 0.15) is 55.8 Å². The van der Waals surface area contributed by atoms with Crippen molar-refractivity contribution in [3.63, 3.8) is 0 Å². The number of furan rings is 5. The molecule has 0 saturated heterocycles. The summed E-state index contributed by atoms with van der Waals surface area (Å²) in [5, 5.41) is 12.0. The van der Waals surface area contributed by atoms with E-state index in [2.05, 4.69) is 0 Å². The van der Waals surface area contributed by atoms with E-state index in [4.69, 9.17) is 38.5 Å². The first-order chi connectivity index (χ1) is 69.5. The number of hydrogen-bond acceptors (Lipinski definition) is 6. The van der Waals surface area contributed by atoms with Gasteiger partial charge < -0.3 is 22.1 Å². The first kappa shape index (κ1) is 48.1. The van der Waals surface area contributed by atoms with Gasteiger partial charge >= 0.3 is 0 Å². The Morgan fingerprint density at radius 2 is 0.442 bits per heavy atom. The number of para-hydroxylation sites is 8. The number of benzene rings is 21. The third-order valence-corrected chi connectivity index (χ3v) is 24.4. The van der Waals surface area contributed by atoms with Crippen LogP contribution in [0.5, 0.6) is 0 Å². The molecular formula is C114H66O5S. The van der Waals surface area contributed by atoms with Gasteiger partial charge in [-0.1, -0.05) is 339 Å². The van der Waals surface area contributed by atoms with E-state index in [0.717, 1.165) is 74.0 Å². The van der Waals surface area contributed by atoms with E-state index in [1.54, 1.807) is 53.8 Å². The highest BCUT2D eigenvalue weighted by molar-refractivity contribution is 7.26. The second-order valence-electron chi connectivity index (χ2n) is 29.5. The Bertz CT molecular complexity index is 10100. The fraction of sp³-hybridized carbons (Fsp3) is 0. The maximum Gasteiger partial charge on any atom is 0.143 e. The Kier molecular flexibility index (Phi) is 10.8. The van der Waals surface area contributed by atoms with E-state index in [-0.39, 0.29) is 165 Å². The summed E-state index contributed by atoms with van der Waals surface area (Å²) in [6.45, 7) is 0. The molecule has 0 aliphatic carbocycles. The molecule has 0 spiro atoms. The molecule has 21 aromatic carbocycles. The molecule has 6 heteroatoms. The topological polar surface area (TPSA) is 65.7 Å². The average molecular weight is 1570 g/mol. The molecule has 27 aromatic rings. The van der Waals surface area contributed by atoms with E-state index in [1.165, 1.54) is 0 Å². The van der Waals surface area contributed by atoms with Gasteiger partial charge in [0, 0.05) is 113 Å². The molecule has 0 N–H and O–H groups in total. The standard InChI is InChI=1S/2C38H22O2.C38H22OS/c1-3-14-28-26(12-1)36(23-20-21-35-32(22-23)25-11-6-7-18-33(25)39-35)27-13-2-4-15-29(27)37(28)31-17-9-16-30-24-10-5-8-19-34(24)40-38(30)31;1-3-14-29-27(12-1)36(23-20-21-26-24-10-5-7-18-33(24)39-35(26)22-23)28-13-2-4-15-30(28)37(29)32-17-9-16-31-25-11-6-8-19-34(25)40-38(31)32;1-3-15-27-25(13-1)35(31-19-9-17-29-23-11-5-7-21-33(23)39-37(29)31)26-14-2-4-16-28(26)36(27)32-20-10-18-30-24-12-6-8-22-34(24)40-38(30)32/h3*1-22H/i2*1D,2D,3D,4D,12D,13D,14D,15D;1D,2D,3D,4D,13D,14D,15D,16D. The lowest BCUT2D eigenvalue weighted by molar-refractivity contribution is 0.668. The van der Waals surface area contributed by atoms with Crippen molar-refractivity contribution >= 4 is 206 Å². The van der Waals surface area contributed by atoms with Crippen molar-refractivity contribution in [2.45, 2.75) is 0 Å². The van der Waals surface area contributed by atoms with Crippen molar-refractivity contribution in [1.82, 2.24) is 0 Å². The van der Waals surface area contributed by atoms with Gasteiger partial charge in [0.25, 0.3) is 0 Å². The van der Waals surface area contributed by atoms with Crippen molar-refractivity contribution in [1.29, 1.82) is 0 Å². The fourth-order valence-corrected chi connectivity index (χ4v) is 19.3. The van der Waals surface area contributed by atoms with E-state index in [9.17, 15) is 16.4 Å². The molecule has 0 unspecified atom stereocenters. The van der Waals surface area contributed by atoms with Crippen LogP contribution in [0, 0.1) is 0 Å². The van der Waals surface area contributed by atoms with Gasteiger partial charge in [0.2, 0.25) is 0 Å². The van der Waals surface area contributed by atoms with Crippen LogP contribution in [0.4, 0.5) is 0 Å². The summed E-state index contributed by atoms with van der Waals surface area (Å²) in [7, 11) is 0. The van der Waals surface area contributed by atoms with Gasteiger partial charge in [0.15, 0.2) is 0 Å². The molecule has 0 bridgehead atoms. The monoisotopic (exact) mass is 1570 g/mol. The van der Waals surface area contributed by atoms with Crippen LogP contribution >= 0.6 is 11.3 Å². The average Bonchev–Trinajstić information content (AvgIpc) is 1.10. The quantitative estimate of drug-likeness (QED) is 0.155. The molecule has 0 fully saturated rings. The number of thiophene rings is 1. The van der Waals surface area contributed by atoms with Crippen LogP contribution in [0.1, 0.15) is 32.9 Å². The summed E-state index contributed by atoms with van der Waals surface area (Å²) < 4.78 is 250. The summed E-state index contributed by atoms with van der Waals surface area (Å²) in [4.78, 5) is 0. The Labute approximate surface area is 724 Å². The van der Waals surface area contributed by atoms with Gasteiger partial charge in [-0.25, -0.2) is 0 Å². The van der Waals surface area contributed by atoms with E-state index < -0.39 is 72.5 Å². The zero-order valence-electron chi connectivity index (χ0n) is 86.7. The number of fused-ring (bicyclic) bond motifs is 24. The summed E-state index contributed by atoms with van der Waals surface area (Å²) in [6, 6.07) is 69.8. The van der Waals surface area contributed by atoms with Gasteiger partial charge in [0.05, 0.1) is 32.9 Å². The minimum atomic E-state index is -0.454. The molecule has 6 heterocycles. The molecule has 6 aromatic heterocycles. The Hall–Kier alpha value is -15.6. The highest BCUT2D eigenvalue weighted by Gasteiger charge is 2.27. The van der Waals surface area contributed by atoms with Crippen LogP contribution in [0.25, 0.3) is 261 Å². The van der Waals surface area contributed by atoms with Crippen LogP contribution in [-0.4, -0.2) is 0 Å². The molecule has 0 aliphatic heterocycles. The predicted molar refractivity (Wildman–Crippen MR) is 506 cm³/mol. The van der Waals surface area contributed by atoms with Crippen LogP contribution in [0.2, 0.25) is 0 Å². The van der Waals surface area contributed by atoms with Gasteiger partial charge in [-0.2, -0.15) is 0 Å². The molecule has 27 rings (SSSR count). The second-order valence-corrected chi connectivity index (χ2v) is 30.5. The molecule has 558 valence electrons. The Balaban J connectivity index is 0.000000113. The van der Waals surface area contributed by atoms with Crippen LogP contribution in [-0.2, 0) is 0 Å². The molecular weight excluding hydrogens is 1480 g/mol. The Morgan fingerprint density at radius 1 is 0.175 bits per heavy atom. The third-order valence-electron chi connectivity index (χ3n) is 23.2. The van der Waals surface area contributed by atoms with Crippen molar-refractivity contribution in [2.75, 3.05) is 0 Å². The number of rotatable bonds is 6. The first-order valence-corrected chi connectivity index (χ1v) is 39.7. The lowest BCUT2D eigenvalue weighted by Gasteiger charge is -2.18. The van der Waals surface area contributed by atoms with Crippen molar-refractivity contribution in [2.24, 2.45) is 0 Å². The number of hydrogen-bond donors (Lipinski definition) is 0. The molecule has 0 atom stereocenters. The van der Waals surface area contributed by atoms with Crippen LogP contribution < -0.4 is 0 Å². The molecule has 0 radical (unpaired) electrons. The largest absolute Gasteiger partial charge is 0.456 e. The smallest absolute Gasteiger partial charge is 0.143 e. The summed E-state index contributed by atoms with van der Waals surface area (Å²) in [5.41, 5.74) is 10.4. The molecule has 0 amide bonds. The van der Waals surface area contributed by atoms with Crippen LogP contribution in [0.15, 0.2) is 422 Å². The van der Waals surface area contributed by atoms with Crippen LogP contribution in [0.3, 0.4) is 0 Å². The molecule has 120 heavy (non-hydrogen) atoms. The SMILES string of the molecule is [2H]c1c([2H])c([2H])c2c(-c3cccc4c3oc3ccccc34)c3c([2H])c([2H])c([2H])c([2H])c3c(-c3ccc4c(c3)oc3ccccc34)c2c1[2H].[2H]c1c([2H])c([2H])c2c(-c3cccc4c3oc3ccccc34)c3c([2H])c([2H])c([2H])c([2H])c3c(-c3ccc4oc5ccccc5c4c3)c2c1[2H].[2H]c1c([2H])c([2H])c2c(-c3cccc4c3sc3ccccc34)c3c([2H])c([2H])c([2H])c([2H])c3c(-c3cccc4c3oc3ccccc34)c2c1[2H]. The van der Waals surface area contributed by atoms with Crippen molar-refractivity contribution < 1.29 is 55.0 Å². The summed E-state index contributed by atoms with van der Waals surface area (Å²) in [6.07, 6.45) is 0. The summed E-state index contributed by atoms with van der Waals surface area (Å²) in [5.74, 6) is 0.